The van der Waals surface area contributed by atoms with Crippen LogP contribution in [0, 0.1) is 0 Å². The smallest absolute Gasteiger partial charge is 0.0210 e. The van der Waals surface area contributed by atoms with Gasteiger partial charge in [-0.3, -0.25) is 4.90 Å². The molecule has 0 bridgehead atoms. The minimum Gasteiger partial charge on any atom is -0.298 e. The third-order valence-corrected chi connectivity index (χ3v) is 5.51. The molecule has 2 unspecified atom stereocenters. The predicted octanol–water partition coefficient (Wildman–Crippen LogP) is 5.95. The highest BCUT2D eigenvalue weighted by Gasteiger charge is 2.41. The van der Waals surface area contributed by atoms with E-state index in [2.05, 4.69) is 45.7 Å². The lowest BCUT2D eigenvalue weighted by molar-refractivity contribution is 0.108. The van der Waals surface area contributed by atoms with Gasteiger partial charge in [0.15, 0.2) is 0 Å². The molecule has 0 spiro atoms. The highest BCUT2D eigenvalue weighted by molar-refractivity contribution is 5.03. The van der Waals surface area contributed by atoms with Gasteiger partial charge in [-0.2, -0.15) is 0 Å². The fourth-order valence-electron chi connectivity index (χ4n) is 4.22. The van der Waals surface area contributed by atoms with Gasteiger partial charge in [0, 0.05) is 11.6 Å². The quantitative estimate of drug-likeness (QED) is 0.472. The van der Waals surface area contributed by atoms with Gasteiger partial charge in [0.25, 0.3) is 0 Å². The predicted molar refractivity (Wildman–Crippen MR) is 91.2 cm³/mol. The molecule has 1 aliphatic rings. The Labute approximate surface area is 127 Å². The van der Waals surface area contributed by atoms with Crippen LogP contribution in [0.15, 0.2) is 11.6 Å². The van der Waals surface area contributed by atoms with Crippen LogP contribution in [0.1, 0.15) is 91.9 Å². The number of allylic oxidation sites excluding steroid dienone is 2. The molecule has 1 aliphatic heterocycles. The fraction of sp³-hybridized carbons (Fsp3) is 0.895. The third-order valence-electron chi connectivity index (χ3n) is 5.51. The molecule has 1 saturated heterocycles. The standard InChI is InChI=1S/C19H37N/c1-6-11-17(8-3)12-10-15-19(14-7-2)16-13-18(9-4)20(19)5/h11,18H,6-10,12-16H2,1-5H3/b17-11-. The summed E-state index contributed by atoms with van der Waals surface area (Å²) in [5, 5.41) is 0. The van der Waals surface area contributed by atoms with Gasteiger partial charge in [-0.25, -0.2) is 0 Å². The molecule has 0 aromatic rings. The van der Waals surface area contributed by atoms with Gasteiger partial charge in [-0.15, -0.1) is 0 Å². The molecule has 0 aliphatic carbocycles. The van der Waals surface area contributed by atoms with Crippen molar-refractivity contribution >= 4 is 0 Å². The van der Waals surface area contributed by atoms with Gasteiger partial charge in [0.2, 0.25) is 0 Å². The summed E-state index contributed by atoms with van der Waals surface area (Å²) in [6.45, 7) is 9.26. The van der Waals surface area contributed by atoms with Crippen LogP contribution in [0.3, 0.4) is 0 Å². The second-order valence-electron chi connectivity index (χ2n) is 6.66. The summed E-state index contributed by atoms with van der Waals surface area (Å²) in [5.74, 6) is 0. The van der Waals surface area contributed by atoms with Crippen molar-refractivity contribution in [2.24, 2.45) is 0 Å². The lowest BCUT2D eigenvalue weighted by atomic mass is 9.84. The van der Waals surface area contributed by atoms with E-state index in [4.69, 9.17) is 0 Å². The Morgan fingerprint density at radius 1 is 1.20 bits per heavy atom. The normalized spacial score (nSPS) is 28.2. The Hall–Kier alpha value is -0.300. The molecule has 20 heavy (non-hydrogen) atoms. The highest BCUT2D eigenvalue weighted by Crippen LogP contribution is 2.41. The Bertz CT molecular complexity index is 294. The van der Waals surface area contributed by atoms with E-state index in [-0.39, 0.29) is 0 Å². The maximum Gasteiger partial charge on any atom is 0.0210 e. The third kappa shape index (κ3) is 4.35. The van der Waals surface area contributed by atoms with E-state index in [1.54, 1.807) is 5.57 Å². The minimum atomic E-state index is 0.514. The molecule has 118 valence electrons. The zero-order valence-electron chi connectivity index (χ0n) is 14.7. The Morgan fingerprint density at radius 3 is 2.45 bits per heavy atom. The van der Waals surface area contributed by atoms with Crippen molar-refractivity contribution in [2.45, 2.75) is 103 Å². The largest absolute Gasteiger partial charge is 0.298 e. The molecule has 0 N–H and O–H groups in total. The van der Waals surface area contributed by atoms with Gasteiger partial charge in [0.1, 0.15) is 0 Å². The first kappa shape index (κ1) is 17.8. The van der Waals surface area contributed by atoms with Crippen LogP contribution in [0.25, 0.3) is 0 Å². The summed E-state index contributed by atoms with van der Waals surface area (Å²) < 4.78 is 0. The number of hydrogen-bond donors (Lipinski definition) is 0. The monoisotopic (exact) mass is 279 g/mol. The molecule has 0 saturated carbocycles. The van der Waals surface area contributed by atoms with Crippen LogP contribution < -0.4 is 0 Å². The maximum atomic E-state index is 2.74. The topological polar surface area (TPSA) is 3.24 Å². The van der Waals surface area contributed by atoms with Crippen LogP contribution in [0.4, 0.5) is 0 Å². The first-order valence-corrected chi connectivity index (χ1v) is 9.04. The first-order chi connectivity index (χ1) is 9.63. The van der Waals surface area contributed by atoms with E-state index in [0.29, 0.717) is 5.54 Å². The molecule has 2 atom stereocenters. The van der Waals surface area contributed by atoms with Crippen molar-refractivity contribution in [1.29, 1.82) is 0 Å². The SMILES string of the molecule is CC/C=C(/CC)CCCC1(CCC)CCC(CC)N1C. The van der Waals surface area contributed by atoms with E-state index < -0.39 is 0 Å². The molecular weight excluding hydrogens is 242 g/mol. The molecule has 0 aromatic carbocycles. The number of nitrogens with zero attached hydrogens (tertiary/aromatic N) is 1. The molecular formula is C19H37N. The van der Waals surface area contributed by atoms with E-state index in [0.717, 1.165) is 6.04 Å². The van der Waals surface area contributed by atoms with Crippen molar-refractivity contribution in [3.05, 3.63) is 11.6 Å². The summed E-state index contributed by atoms with van der Waals surface area (Å²) in [5.41, 5.74) is 2.19. The molecule has 0 aromatic heterocycles. The summed E-state index contributed by atoms with van der Waals surface area (Å²) in [4.78, 5) is 2.74. The fourth-order valence-corrected chi connectivity index (χ4v) is 4.22. The Balaban J connectivity index is 2.58. The van der Waals surface area contributed by atoms with E-state index in [1.165, 1.54) is 64.2 Å². The summed E-state index contributed by atoms with van der Waals surface area (Å²) in [7, 11) is 2.39. The van der Waals surface area contributed by atoms with Crippen LogP contribution in [-0.2, 0) is 0 Å². The molecule has 1 rings (SSSR count). The lowest BCUT2D eigenvalue weighted by Crippen LogP contribution is -2.44. The molecule has 0 radical (unpaired) electrons. The Kier molecular flexibility index (Phi) is 7.87. The van der Waals surface area contributed by atoms with Crippen molar-refractivity contribution in [1.82, 2.24) is 4.90 Å². The average molecular weight is 280 g/mol. The maximum absolute atomic E-state index is 2.74. The van der Waals surface area contributed by atoms with Gasteiger partial charge in [-0.05, 0) is 64.8 Å². The van der Waals surface area contributed by atoms with Gasteiger partial charge >= 0.3 is 0 Å². The molecule has 1 heterocycles. The first-order valence-electron chi connectivity index (χ1n) is 9.04. The highest BCUT2D eigenvalue weighted by atomic mass is 15.2. The molecule has 0 amide bonds. The number of likely N-dealkylation sites (tertiary alicyclic amines) is 1. The summed E-state index contributed by atoms with van der Waals surface area (Å²) in [6.07, 6.45) is 15.8. The van der Waals surface area contributed by atoms with Gasteiger partial charge in [-0.1, -0.05) is 45.8 Å². The minimum absolute atomic E-state index is 0.514. The number of hydrogen-bond acceptors (Lipinski definition) is 1. The zero-order chi connectivity index (χ0) is 15.0. The second kappa shape index (κ2) is 8.87. The van der Waals surface area contributed by atoms with E-state index in [1.807, 2.05) is 0 Å². The lowest BCUT2D eigenvalue weighted by Gasteiger charge is -2.39. The van der Waals surface area contributed by atoms with Crippen LogP contribution in [0.2, 0.25) is 0 Å². The molecule has 1 heteroatoms. The van der Waals surface area contributed by atoms with Crippen LogP contribution in [0.5, 0.6) is 0 Å². The van der Waals surface area contributed by atoms with Crippen molar-refractivity contribution in [3.63, 3.8) is 0 Å². The van der Waals surface area contributed by atoms with Crippen molar-refractivity contribution in [3.8, 4) is 0 Å². The van der Waals surface area contributed by atoms with Crippen LogP contribution in [-0.4, -0.2) is 23.5 Å². The van der Waals surface area contributed by atoms with Gasteiger partial charge < -0.3 is 0 Å². The Morgan fingerprint density at radius 2 is 1.95 bits per heavy atom. The average Bonchev–Trinajstić information content (AvgIpc) is 2.75. The number of rotatable bonds is 9. The van der Waals surface area contributed by atoms with Crippen LogP contribution >= 0.6 is 0 Å². The van der Waals surface area contributed by atoms with Crippen molar-refractivity contribution < 1.29 is 0 Å². The van der Waals surface area contributed by atoms with E-state index >= 15 is 0 Å². The summed E-state index contributed by atoms with van der Waals surface area (Å²) in [6, 6.07) is 0.832. The molecule has 1 fully saturated rings. The van der Waals surface area contributed by atoms with E-state index in [9.17, 15) is 0 Å². The van der Waals surface area contributed by atoms with Crippen molar-refractivity contribution in [2.75, 3.05) is 7.05 Å². The summed E-state index contributed by atoms with van der Waals surface area (Å²) >= 11 is 0. The second-order valence-corrected chi connectivity index (χ2v) is 6.66. The molecule has 1 nitrogen and oxygen atoms in total. The van der Waals surface area contributed by atoms with Gasteiger partial charge in [0.05, 0.1) is 0 Å². The zero-order valence-corrected chi connectivity index (χ0v) is 14.7.